The fourth-order valence-electron chi connectivity index (χ4n) is 4.39. The molecular formula is C21H26N8O. The van der Waals surface area contributed by atoms with Crippen LogP contribution in [-0.4, -0.2) is 56.1 Å². The Morgan fingerprint density at radius 3 is 2.83 bits per heavy atom. The minimum absolute atomic E-state index is 0.0652. The van der Waals surface area contributed by atoms with Gasteiger partial charge in [0.15, 0.2) is 22.8 Å². The number of pyridine rings is 1. The molecule has 30 heavy (non-hydrogen) atoms. The molecule has 0 spiro atoms. The lowest BCUT2D eigenvalue weighted by Gasteiger charge is -2.37. The van der Waals surface area contributed by atoms with Crippen LogP contribution in [0, 0.1) is 10.8 Å². The number of anilines is 3. The number of aryl methyl sites for hydroxylation is 1. The Morgan fingerprint density at radius 2 is 2.07 bits per heavy atom. The summed E-state index contributed by atoms with van der Waals surface area (Å²) in [6.45, 7) is 4.34. The third-order valence-electron chi connectivity index (χ3n) is 6.34. The SMILES string of the molecule is CC1(C=N)CCN(c2nc3[nH]nc(N4CCCc5ncccc54)c3nc2CO)CC1. The molecule has 9 nitrogen and oxygen atoms in total. The van der Waals surface area contributed by atoms with Gasteiger partial charge in [-0.3, -0.25) is 10.1 Å². The van der Waals surface area contributed by atoms with Gasteiger partial charge in [-0.2, -0.15) is 5.10 Å². The summed E-state index contributed by atoms with van der Waals surface area (Å²) in [5, 5.41) is 25.3. The Hall–Kier alpha value is -3.07. The average Bonchev–Trinajstić information content (AvgIpc) is 3.21. The van der Waals surface area contributed by atoms with Crippen molar-refractivity contribution in [1.82, 2.24) is 25.1 Å². The molecule has 3 aromatic heterocycles. The highest BCUT2D eigenvalue weighted by Gasteiger charge is 2.31. The van der Waals surface area contributed by atoms with Gasteiger partial charge in [0.25, 0.3) is 0 Å². The summed E-state index contributed by atoms with van der Waals surface area (Å²) < 4.78 is 0. The van der Waals surface area contributed by atoms with E-state index in [1.54, 1.807) is 6.21 Å². The monoisotopic (exact) mass is 406 g/mol. The van der Waals surface area contributed by atoms with Gasteiger partial charge in [0.2, 0.25) is 0 Å². The summed E-state index contributed by atoms with van der Waals surface area (Å²) in [4.78, 5) is 18.4. The second-order valence-corrected chi connectivity index (χ2v) is 8.41. The standard InChI is InChI=1S/C21H26N8O/c1-21(13-22)6-10-28(11-7-21)19-15(12-30)24-17-18(25-19)26-27-20(17)29-9-3-4-14-16(29)5-2-8-23-14/h2,5,8,13,22,30H,3-4,6-7,9-12H2,1H3,(H,25,26,27). The van der Waals surface area contributed by atoms with Crippen molar-refractivity contribution in [3.63, 3.8) is 0 Å². The van der Waals surface area contributed by atoms with E-state index in [0.29, 0.717) is 22.7 Å². The first-order chi connectivity index (χ1) is 14.6. The molecule has 2 aliphatic heterocycles. The Bertz CT molecular complexity index is 1090. The van der Waals surface area contributed by atoms with Crippen molar-refractivity contribution in [3.05, 3.63) is 29.7 Å². The fraction of sp³-hybridized carbons (Fsp3) is 0.476. The molecule has 0 aliphatic carbocycles. The van der Waals surface area contributed by atoms with Crippen LogP contribution >= 0.6 is 0 Å². The fourth-order valence-corrected chi connectivity index (χ4v) is 4.39. The Kier molecular flexibility index (Phi) is 4.62. The number of aliphatic hydroxyl groups is 1. The number of nitrogens with zero attached hydrogens (tertiary/aromatic N) is 6. The molecule has 1 fully saturated rings. The van der Waals surface area contributed by atoms with Gasteiger partial charge >= 0.3 is 0 Å². The number of fused-ring (bicyclic) bond motifs is 2. The highest BCUT2D eigenvalue weighted by Crippen LogP contribution is 2.36. The first kappa shape index (κ1) is 18.9. The van der Waals surface area contributed by atoms with Crippen LogP contribution in [0.2, 0.25) is 0 Å². The molecule has 0 unspecified atom stereocenters. The van der Waals surface area contributed by atoms with Crippen LogP contribution in [0.5, 0.6) is 0 Å². The predicted octanol–water partition coefficient (Wildman–Crippen LogP) is 2.58. The minimum Gasteiger partial charge on any atom is -0.390 e. The number of rotatable bonds is 4. The first-order valence-corrected chi connectivity index (χ1v) is 10.5. The predicted molar refractivity (Wildman–Crippen MR) is 116 cm³/mol. The van der Waals surface area contributed by atoms with Crippen molar-refractivity contribution in [2.24, 2.45) is 5.41 Å². The van der Waals surface area contributed by atoms with Crippen molar-refractivity contribution < 1.29 is 5.11 Å². The summed E-state index contributed by atoms with van der Waals surface area (Å²) in [7, 11) is 0. The number of aliphatic hydroxyl groups excluding tert-OH is 1. The van der Waals surface area contributed by atoms with E-state index in [-0.39, 0.29) is 12.0 Å². The van der Waals surface area contributed by atoms with Crippen LogP contribution in [0.4, 0.5) is 17.3 Å². The topological polar surface area (TPSA) is 118 Å². The zero-order valence-corrected chi connectivity index (χ0v) is 17.1. The molecule has 0 amide bonds. The van der Waals surface area contributed by atoms with Crippen LogP contribution in [0.25, 0.3) is 11.2 Å². The van der Waals surface area contributed by atoms with Crippen molar-refractivity contribution in [2.75, 3.05) is 29.4 Å². The van der Waals surface area contributed by atoms with E-state index in [1.807, 2.05) is 12.3 Å². The molecule has 3 aromatic rings. The number of hydrogen-bond donors (Lipinski definition) is 3. The lowest BCUT2D eigenvalue weighted by molar-refractivity contribution is 0.276. The van der Waals surface area contributed by atoms with E-state index in [4.69, 9.17) is 15.4 Å². The van der Waals surface area contributed by atoms with Crippen LogP contribution in [-0.2, 0) is 13.0 Å². The number of hydrogen-bond acceptors (Lipinski definition) is 8. The summed E-state index contributed by atoms with van der Waals surface area (Å²) >= 11 is 0. The van der Waals surface area contributed by atoms with Gasteiger partial charge in [-0.15, -0.1) is 0 Å². The van der Waals surface area contributed by atoms with Gasteiger partial charge in [-0.05, 0) is 37.8 Å². The second-order valence-electron chi connectivity index (χ2n) is 8.41. The molecule has 5 rings (SSSR count). The average molecular weight is 406 g/mol. The molecule has 2 aliphatic rings. The molecule has 3 N–H and O–H groups in total. The smallest absolute Gasteiger partial charge is 0.183 e. The molecular weight excluding hydrogens is 380 g/mol. The van der Waals surface area contributed by atoms with Crippen LogP contribution < -0.4 is 9.80 Å². The summed E-state index contributed by atoms with van der Waals surface area (Å²) in [6, 6.07) is 4.00. The summed E-state index contributed by atoms with van der Waals surface area (Å²) in [5.41, 5.74) is 3.90. The zero-order chi connectivity index (χ0) is 20.7. The van der Waals surface area contributed by atoms with Crippen LogP contribution in [0.15, 0.2) is 18.3 Å². The second kappa shape index (κ2) is 7.32. The van der Waals surface area contributed by atoms with Crippen molar-refractivity contribution in [3.8, 4) is 0 Å². The maximum absolute atomic E-state index is 10.0. The maximum atomic E-state index is 10.0. The maximum Gasteiger partial charge on any atom is 0.183 e. The van der Waals surface area contributed by atoms with Gasteiger partial charge in [-0.25, -0.2) is 9.97 Å². The first-order valence-electron chi connectivity index (χ1n) is 10.5. The van der Waals surface area contributed by atoms with Gasteiger partial charge in [0, 0.05) is 37.5 Å². The number of piperidine rings is 1. The van der Waals surface area contributed by atoms with E-state index in [0.717, 1.165) is 62.5 Å². The molecule has 5 heterocycles. The normalized spacial score (nSPS) is 18.5. The number of aromatic nitrogens is 5. The lowest BCUT2D eigenvalue weighted by Crippen LogP contribution is -2.40. The highest BCUT2D eigenvalue weighted by atomic mass is 16.3. The van der Waals surface area contributed by atoms with Crippen molar-refractivity contribution >= 4 is 34.7 Å². The van der Waals surface area contributed by atoms with E-state index < -0.39 is 0 Å². The molecule has 0 radical (unpaired) electrons. The Labute approximate surface area is 174 Å². The van der Waals surface area contributed by atoms with Crippen LogP contribution in [0.3, 0.4) is 0 Å². The third kappa shape index (κ3) is 3.09. The van der Waals surface area contributed by atoms with Crippen molar-refractivity contribution in [1.29, 1.82) is 5.41 Å². The van der Waals surface area contributed by atoms with E-state index in [2.05, 4.69) is 38.0 Å². The van der Waals surface area contributed by atoms with Gasteiger partial charge in [0.05, 0.1) is 18.0 Å². The van der Waals surface area contributed by atoms with Gasteiger partial charge in [-0.1, -0.05) is 6.92 Å². The van der Waals surface area contributed by atoms with E-state index >= 15 is 0 Å². The molecule has 0 bridgehead atoms. The molecule has 0 aromatic carbocycles. The summed E-state index contributed by atoms with van der Waals surface area (Å²) in [5.74, 6) is 1.43. The molecule has 156 valence electrons. The van der Waals surface area contributed by atoms with Gasteiger partial charge in [0.1, 0.15) is 5.69 Å². The van der Waals surface area contributed by atoms with Crippen LogP contribution in [0.1, 0.15) is 37.6 Å². The number of aromatic amines is 1. The quantitative estimate of drug-likeness (QED) is 0.570. The Morgan fingerprint density at radius 1 is 1.23 bits per heavy atom. The van der Waals surface area contributed by atoms with Gasteiger partial charge < -0.3 is 20.3 Å². The zero-order valence-electron chi connectivity index (χ0n) is 17.1. The molecule has 9 heteroatoms. The minimum atomic E-state index is -0.181. The van der Waals surface area contributed by atoms with E-state index in [9.17, 15) is 5.11 Å². The number of H-pyrrole nitrogens is 1. The molecule has 0 atom stereocenters. The third-order valence-corrected chi connectivity index (χ3v) is 6.34. The van der Waals surface area contributed by atoms with Crippen molar-refractivity contribution in [2.45, 2.75) is 39.2 Å². The lowest BCUT2D eigenvalue weighted by atomic mass is 9.81. The van der Waals surface area contributed by atoms with E-state index in [1.165, 1.54) is 0 Å². The molecule has 0 saturated carbocycles. The number of nitrogens with one attached hydrogen (secondary N) is 2. The largest absolute Gasteiger partial charge is 0.390 e. The molecule has 1 saturated heterocycles. The highest BCUT2D eigenvalue weighted by molar-refractivity contribution is 5.88. The summed E-state index contributed by atoms with van der Waals surface area (Å²) in [6.07, 6.45) is 7.09. The Balaban J connectivity index is 1.52.